The van der Waals surface area contributed by atoms with Crippen molar-refractivity contribution in [3.8, 4) is 0 Å². The first-order valence-corrected chi connectivity index (χ1v) is 9.71. The third-order valence-corrected chi connectivity index (χ3v) is 5.71. The summed E-state index contributed by atoms with van der Waals surface area (Å²) in [6, 6.07) is 3.59. The number of ether oxygens (including phenoxy) is 1. The molecule has 8 heteroatoms. The van der Waals surface area contributed by atoms with E-state index in [9.17, 15) is 14.0 Å². The fourth-order valence-corrected chi connectivity index (χ4v) is 3.85. The van der Waals surface area contributed by atoms with E-state index in [2.05, 4.69) is 5.32 Å². The first kappa shape index (κ1) is 20.0. The molecule has 0 aliphatic carbocycles. The van der Waals surface area contributed by atoms with E-state index < -0.39 is 11.9 Å². The van der Waals surface area contributed by atoms with Gasteiger partial charge in [0.05, 0.1) is 11.1 Å². The van der Waals surface area contributed by atoms with Gasteiger partial charge in [0.25, 0.3) is 0 Å². The van der Waals surface area contributed by atoms with Gasteiger partial charge < -0.3 is 20.7 Å². The maximum absolute atomic E-state index is 13.2. The highest BCUT2D eigenvalue weighted by Crippen LogP contribution is 2.24. The summed E-state index contributed by atoms with van der Waals surface area (Å²) in [6.07, 6.45) is 2.78. The standard InChI is InChI=1S/C19H25ClFN3O3/c20-15-11-14(1-2-16(15)21)23-18(25)13-3-7-24(8-4-13)19(26)17(22)12-5-9-27-10-6-12/h1-2,11-13,17H,3-10,22H2,(H,23,25). The molecular formula is C19H25ClFN3O3. The molecule has 6 nitrogen and oxygen atoms in total. The van der Waals surface area contributed by atoms with E-state index in [-0.39, 0.29) is 28.7 Å². The minimum atomic E-state index is -0.526. The van der Waals surface area contributed by atoms with Gasteiger partial charge in [-0.3, -0.25) is 9.59 Å². The lowest BCUT2D eigenvalue weighted by atomic mass is 9.90. The molecule has 2 aliphatic rings. The van der Waals surface area contributed by atoms with Crippen LogP contribution in [0.1, 0.15) is 25.7 Å². The van der Waals surface area contributed by atoms with Crippen LogP contribution in [0.3, 0.4) is 0 Å². The monoisotopic (exact) mass is 397 g/mol. The molecule has 27 heavy (non-hydrogen) atoms. The number of likely N-dealkylation sites (tertiary alicyclic amines) is 1. The zero-order chi connectivity index (χ0) is 19.4. The predicted molar refractivity (Wildman–Crippen MR) is 101 cm³/mol. The molecule has 1 atom stereocenters. The summed E-state index contributed by atoms with van der Waals surface area (Å²) in [5.41, 5.74) is 6.64. The van der Waals surface area contributed by atoms with Gasteiger partial charge in [-0.2, -0.15) is 0 Å². The molecule has 2 aliphatic heterocycles. The van der Waals surface area contributed by atoms with Gasteiger partial charge in [-0.25, -0.2) is 4.39 Å². The molecule has 0 bridgehead atoms. The number of halogens is 2. The molecule has 1 aromatic rings. The summed E-state index contributed by atoms with van der Waals surface area (Å²) in [5, 5.41) is 2.73. The maximum Gasteiger partial charge on any atom is 0.239 e. The normalized spacial score (nSPS) is 20.3. The molecule has 2 heterocycles. The second-order valence-electron chi connectivity index (χ2n) is 7.19. The van der Waals surface area contributed by atoms with Crippen LogP contribution in [0.25, 0.3) is 0 Å². The Kier molecular flexibility index (Phi) is 6.68. The molecule has 2 fully saturated rings. The van der Waals surface area contributed by atoms with Crippen LogP contribution in [0.2, 0.25) is 5.02 Å². The van der Waals surface area contributed by atoms with Crippen molar-refractivity contribution in [2.24, 2.45) is 17.6 Å². The molecule has 148 valence electrons. The Balaban J connectivity index is 1.49. The third-order valence-electron chi connectivity index (χ3n) is 5.42. The highest BCUT2D eigenvalue weighted by atomic mass is 35.5. The van der Waals surface area contributed by atoms with Crippen LogP contribution in [0.15, 0.2) is 18.2 Å². The van der Waals surface area contributed by atoms with Gasteiger partial charge in [0.15, 0.2) is 0 Å². The first-order valence-electron chi connectivity index (χ1n) is 9.33. The summed E-state index contributed by atoms with van der Waals surface area (Å²) < 4.78 is 18.5. The van der Waals surface area contributed by atoms with E-state index in [1.165, 1.54) is 18.2 Å². The van der Waals surface area contributed by atoms with Crippen molar-refractivity contribution >= 4 is 29.1 Å². The number of hydrogen-bond acceptors (Lipinski definition) is 4. The van der Waals surface area contributed by atoms with E-state index in [1.807, 2.05) is 0 Å². The molecular weight excluding hydrogens is 373 g/mol. The topological polar surface area (TPSA) is 84.7 Å². The van der Waals surface area contributed by atoms with Crippen LogP contribution in [0, 0.1) is 17.7 Å². The number of nitrogens with zero attached hydrogens (tertiary/aromatic N) is 1. The van der Waals surface area contributed by atoms with Crippen LogP contribution in [-0.4, -0.2) is 49.1 Å². The SMILES string of the molecule is NC(C(=O)N1CCC(C(=O)Nc2ccc(F)c(Cl)c2)CC1)C1CCOCC1. The Hall–Kier alpha value is -1.70. The predicted octanol–water partition coefficient (Wildman–Crippen LogP) is 2.41. The van der Waals surface area contributed by atoms with Gasteiger partial charge in [-0.15, -0.1) is 0 Å². The fraction of sp³-hybridized carbons (Fsp3) is 0.579. The molecule has 1 aromatic carbocycles. The van der Waals surface area contributed by atoms with E-state index in [0.29, 0.717) is 44.8 Å². The number of carbonyl (C=O) groups is 2. The number of piperidine rings is 1. The van der Waals surface area contributed by atoms with Gasteiger partial charge >= 0.3 is 0 Å². The van der Waals surface area contributed by atoms with Gasteiger partial charge in [0.2, 0.25) is 11.8 Å². The summed E-state index contributed by atoms with van der Waals surface area (Å²) in [4.78, 5) is 26.8. The smallest absolute Gasteiger partial charge is 0.239 e. The lowest BCUT2D eigenvalue weighted by molar-refractivity contribution is -0.137. The number of carbonyl (C=O) groups excluding carboxylic acids is 2. The average molecular weight is 398 g/mol. The Morgan fingerprint density at radius 2 is 1.89 bits per heavy atom. The Morgan fingerprint density at radius 1 is 1.22 bits per heavy atom. The first-order chi connectivity index (χ1) is 13.0. The molecule has 2 saturated heterocycles. The van der Waals surface area contributed by atoms with E-state index >= 15 is 0 Å². The third kappa shape index (κ3) is 4.97. The number of amides is 2. The molecule has 0 aromatic heterocycles. The van der Waals surface area contributed by atoms with Crippen molar-refractivity contribution in [2.45, 2.75) is 31.7 Å². The van der Waals surface area contributed by atoms with Gasteiger partial charge in [-0.05, 0) is 49.8 Å². The maximum atomic E-state index is 13.2. The number of nitrogens with one attached hydrogen (secondary N) is 1. The second kappa shape index (κ2) is 8.99. The minimum Gasteiger partial charge on any atom is -0.381 e. The highest BCUT2D eigenvalue weighted by Gasteiger charge is 2.33. The van der Waals surface area contributed by atoms with E-state index in [0.717, 1.165) is 12.8 Å². The van der Waals surface area contributed by atoms with Crippen LogP contribution >= 0.6 is 11.6 Å². The van der Waals surface area contributed by atoms with Crippen LogP contribution in [0.5, 0.6) is 0 Å². The average Bonchev–Trinajstić information content (AvgIpc) is 2.70. The Bertz CT molecular complexity index is 689. The highest BCUT2D eigenvalue weighted by molar-refractivity contribution is 6.31. The van der Waals surface area contributed by atoms with E-state index in [1.54, 1.807) is 4.90 Å². The van der Waals surface area contributed by atoms with Crippen molar-refractivity contribution in [2.75, 3.05) is 31.6 Å². The number of nitrogens with two attached hydrogens (primary N) is 1. The van der Waals surface area contributed by atoms with Gasteiger partial charge in [0.1, 0.15) is 5.82 Å². The summed E-state index contributed by atoms with van der Waals surface area (Å²) in [6.45, 7) is 2.33. The molecule has 3 rings (SSSR count). The molecule has 0 radical (unpaired) electrons. The zero-order valence-electron chi connectivity index (χ0n) is 15.1. The van der Waals surface area contributed by atoms with Crippen LogP contribution in [-0.2, 0) is 14.3 Å². The minimum absolute atomic E-state index is 0.0321. The molecule has 0 spiro atoms. The second-order valence-corrected chi connectivity index (χ2v) is 7.60. The van der Waals surface area contributed by atoms with Crippen molar-refractivity contribution in [3.05, 3.63) is 29.0 Å². The number of anilines is 1. The van der Waals surface area contributed by atoms with Crippen LogP contribution in [0.4, 0.5) is 10.1 Å². The Labute approximate surface area is 163 Å². The number of benzene rings is 1. The van der Waals surface area contributed by atoms with Crippen molar-refractivity contribution in [3.63, 3.8) is 0 Å². The lowest BCUT2D eigenvalue weighted by Crippen LogP contribution is -2.51. The van der Waals surface area contributed by atoms with E-state index in [4.69, 9.17) is 22.1 Å². The molecule has 0 saturated carbocycles. The summed E-state index contributed by atoms with van der Waals surface area (Å²) in [7, 11) is 0. The molecule has 3 N–H and O–H groups in total. The lowest BCUT2D eigenvalue weighted by Gasteiger charge is -2.35. The Morgan fingerprint density at radius 3 is 2.52 bits per heavy atom. The summed E-state index contributed by atoms with van der Waals surface area (Å²) >= 11 is 5.74. The fourth-order valence-electron chi connectivity index (χ4n) is 3.67. The van der Waals surface area contributed by atoms with Crippen molar-refractivity contribution in [1.82, 2.24) is 4.90 Å². The number of rotatable bonds is 4. The summed E-state index contributed by atoms with van der Waals surface area (Å²) in [5.74, 6) is -0.736. The van der Waals surface area contributed by atoms with Gasteiger partial charge in [-0.1, -0.05) is 11.6 Å². The zero-order valence-corrected chi connectivity index (χ0v) is 15.9. The van der Waals surface area contributed by atoms with Crippen molar-refractivity contribution < 1.29 is 18.7 Å². The largest absolute Gasteiger partial charge is 0.381 e. The molecule has 1 unspecified atom stereocenters. The number of hydrogen-bond donors (Lipinski definition) is 2. The van der Waals surface area contributed by atoms with Crippen molar-refractivity contribution in [1.29, 1.82) is 0 Å². The molecule has 2 amide bonds. The van der Waals surface area contributed by atoms with Crippen LogP contribution < -0.4 is 11.1 Å². The quantitative estimate of drug-likeness (QED) is 0.817. The van der Waals surface area contributed by atoms with Gasteiger partial charge in [0, 0.05) is 37.9 Å².